The van der Waals surface area contributed by atoms with Crippen molar-refractivity contribution in [2.75, 3.05) is 40.0 Å². The van der Waals surface area contributed by atoms with E-state index in [9.17, 15) is 8.42 Å². The van der Waals surface area contributed by atoms with E-state index in [-0.39, 0.29) is 0 Å². The standard InChI is InChI=1S/C16H26N2O2S/c1-16(9-10-17(2)12-16)13-18(3)11-14-5-7-15(8-6-14)21(4,19)20/h5-8H,9-13H2,1-4H3. The van der Waals surface area contributed by atoms with Crippen LogP contribution in [0.4, 0.5) is 0 Å². The van der Waals surface area contributed by atoms with Gasteiger partial charge in [0.15, 0.2) is 9.84 Å². The van der Waals surface area contributed by atoms with E-state index in [1.165, 1.54) is 19.2 Å². The van der Waals surface area contributed by atoms with Crippen LogP contribution in [0.2, 0.25) is 0 Å². The number of rotatable bonds is 5. The van der Waals surface area contributed by atoms with Crippen molar-refractivity contribution in [1.82, 2.24) is 9.80 Å². The quantitative estimate of drug-likeness (QED) is 0.832. The van der Waals surface area contributed by atoms with E-state index in [2.05, 4.69) is 30.8 Å². The van der Waals surface area contributed by atoms with E-state index in [1.54, 1.807) is 12.1 Å². The van der Waals surface area contributed by atoms with Crippen LogP contribution >= 0.6 is 0 Å². The smallest absolute Gasteiger partial charge is 0.175 e. The average Bonchev–Trinajstić information content (AvgIpc) is 2.68. The van der Waals surface area contributed by atoms with Crippen LogP contribution in [0.3, 0.4) is 0 Å². The Morgan fingerprint density at radius 2 is 1.90 bits per heavy atom. The minimum Gasteiger partial charge on any atom is -0.306 e. The lowest BCUT2D eigenvalue weighted by Crippen LogP contribution is -2.35. The van der Waals surface area contributed by atoms with Gasteiger partial charge in [-0.15, -0.1) is 0 Å². The molecular weight excluding hydrogens is 284 g/mol. The zero-order valence-electron chi connectivity index (χ0n) is 13.5. The van der Waals surface area contributed by atoms with Gasteiger partial charge in [0.25, 0.3) is 0 Å². The third kappa shape index (κ3) is 4.53. The molecule has 1 heterocycles. The van der Waals surface area contributed by atoms with Gasteiger partial charge in [-0.3, -0.25) is 0 Å². The molecule has 1 saturated heterocycles. The van der Waals surface area contributed by atoms with Crippen molar-refractivity contribution >= 4 is 9.84 Å². The maximum atomic E-state index is 11.5. The molecule has 1 unspecified atom stereocenters. The Morgan fingerprint density at radius 3 is 2.38 bits per heavy atom. The third-order valence-electron chi connectivity index (χ3n) is 4.20. The first-order valence-electron chi connectivity index (χ1n) is 7.34. The Hall–Kier alpha value is -0.910. The minimum atomic E-state index is -3.10. The number of nitrogens with zero attached hydrogens (tertiary/aromatic N) is 2. The van der Waals surface area contributed by atoms with E-state index in [0.29, 0.717) is 10.3 Å². The highest BCUT2D eigenvalue weighted by molar-refractivity contribution is 7.90. The lowest BCUT2D eigenvalue weighted by atomic mass is 9.89. The molecule has 1 aliphatic rings. The summed E-state index contributed by atoms with van der Waals surface area (Å²) in [6.45, 7) is 6.58. The van der Waals surface area contributed by atoms with E-state index in [1.807, 2.05) is 12.1 Å². The zero-order chi connectivity index (χ0) is 15.7. The second-order valence-electron chi connectivity index (χ2n) is 6.89. The molecular formula is C16H26N2O2S. The normalized spacial score (nSPS) is 23.9. The van der Waals surface area contributed by atoms with Gasteiger partial charge in [0.2, 0.25) is 0 Å². The number of sulfone groups is 1. The molecule has 0 radical (unpaired) electrons. The summed E-state index contributed by atoms with van der Waals surface area (Å²) >= 11 is 0. The number of hydrogen-bond acceptors (Lipinski definition) is 4. The van der Waals surface area contributed by atoms with Gasteiger partial charge >= 0.3 is 0 Å². The van der Waals surface area contributed by atoms with E-state index in [0.717, 1.165) is 25.2 Å². The molecule has 0 saturated carbocycles. The summed E-state index contributed by atoms with van der Waals surface area (Å²) in [5, 5.41) is 0. The summed E-state index contributed by atoms with van der Waals surface area (Å²) in [5.41, 5.74) is 1.51. The Balaban J connectivity index is 1.95. The molecule has 2 rings (SSSR count). The molecule has 1 atom stereocenters. The van der Waals surface area contributed by atoms with Crippen molar-refractivity contribution in [3.63, 3.8) is 0 Å². The van der Waals surface area contributed by atoms with Gasteiger partial charge in [0.05, 0.1) is 4.90 Å². The Labute approximate surface area is 128 Å². The SMILES string of the molecule is CN1CCC(C)(CN(C)Cc2ccc(S(C)(=O)=O)cc2)C1. The first kappa shape index (κ1) is 16.5. The van der Waals surface area contributed by atoms with Crippen LogP contribution < -0.4 is 0 Å². The van der Waals surface area contributed by atoms with E-state index >= 15 is 0 Å². The molecule has 0 amide bonds. The van der Waals surface area contributed by atoms with Crippen LogP contribution in [-0.4, -0.2) is 58.2 Å². The second kappa shape index (κ2) is 6.07. The highest BCUT2D eigenvalue weighted by Gasteiger charge is 2.32. The molecule has 0 aliphatic carbocycles. The first-order chi connectivity index (χ1) is 9.68. The summed E-state index contributed by atoms with van der Waals surface area (Å²) in [7, 11) is 1.21. The van der Waals surface area contributed by atoms with Crippen LogP contribution in [0.25, 0.3) is 0 Å². The molecule has 118 valence electrons. The van der Waals surface area contributed by atoms with Crippen LogP contribution in [0.15, 0.2) is 29.2 Å². The monoisotopic (exact) mass is 310 g/mol. The number of hydrogen-bond donors (Lipinski definition) is 0. The summed E-state index contributed by atoms with van der Waals surface area (Å²) < 4.78 is 22.9. The van der Waals surface area contributed by atoms with Crippen LogP contribution in [0.1, 0.15) is 18.9 Å². The second-order valence-corrected chi connectivity index (χ2v) is 8.90. The number of benzene rings is 1. The summed E-state index contributed by atoms with van der Waals surface area (Å²) in [6.07, 6.45) is 2.48. The van der Waals surface area contributed by atoms with Gasteiger partial charge in [0.1, 0.15) is 0 Å². The molecule has 0 bridgehead atoms. The Bertz CT molecular complexity index is 583. The average molecular weight is 310 g/mol. The fourth-order valence-electron chi connectivity index (χ4n) is 3.26. The molecule has 1 aromatic carbocycles. The Kier molecular flexibility index (Phi) is 4.76. The van der Waals surface area contributed by atoms with Crippen LogP contribution in [-0.2, 0) is 16.4 Å². The van der Waals surface area contributed by atoms with Gasteiger partial charge in [0, 0.05) is 25.9 Å². The van der Waals surface area contributed by atoms with Crippen molar-refractivity contribution in [2.45, 2.75) is 24.8 Å². The molecule has 21 heavy (non-hydrogen) atoms. The van der Waals surface area contributed by atoms with Crippen LogP contribution in [0, 0.1) is 5.41 Å². The van der Waals surface area contributed by atoms with Crippen molar-refractivity contribution < 1.29 is 8.42 Å². The molecule has 0 aromatic heterocycles. The maximum Gasteiger partial charge on any atom is 0.175 e. The first-order valence-corrected chi connectivity index (χ1v) is 9.23. The third-order valence-corrected chi connectivity index (χ3v) is 5.33. The van der Waals surface area contributed by atoms with Gasteiger partial charge in [-0.05, 0) is 50.2 Å². The fraction of sp³-hybridized carbons (Fsp3) is 0.625. The van der Waals surface area contributed by atoms with E-state index < -0.39 is 9.84 Å². The van der Waals surface area contributed by atoms with Crippen LogP contribution in [0.5, 0.6) is 0 Å². The molecule has 0 spiro atoms. The van der Waals surface area contributed by atoms with Gasteiger partial charge in [-0.1, -0.05) is 19.1 Å². The largest absolute Gasteiger partial charge is 0.306 e. The fourth-order valence-corrected chi connectivity index (χ4v) is 3.89. The van der Waals surface area contributed by atoms with Crippen molar-refractivity contribution in [3.8, 4) is 0 Å². The van der Waals surface area contributed by atoms with E-state index in [4.69, 9.17) is 0 Å². The van der Waals surface area contributed by atoms with Crippen molar-refractivity contribution in [1.29, 1.82) is 0 Å². The van der Waals surface area contributed by atoms with Gasteiger partial charge in [-0.25, -0.2) is 8.42 Å². The summed E-state index contributed by atoms with van der Waals surface area (Å²) in [4.78, 5) is 5.10. The topological polar surface area (TPSA) is 40.6 Å². The molecule has 1 fully saturated rings. The predicted molar refractivity (Wildman–Crippen MR) is 86.1 cm³/mol. The number of likely N-dealkylation sites (tertiary alicyclic amines) is 1. The predicted octanol–water partition coefficient (Wildman–Crippen LogP) is 1.86. The maximum absolute atomic E-state index is 11.5. The molecule has 1 aliphatic heterocycles. The van der Waals surface area contributed by atoms with Gasteiger partial charge < -0.3 is 9.80 Å². The van der Waals surface area contributed by atoms with Gasteiger partial charge in [-0.2, -0.15) is 0 Å². The summed E-state index contributed by atoms with van der Waals surface area (Å²) in [6, 6.07) is 7.22. The minimum absolute atomic E-state index is 0.357. The lowest BCUT2D eigenvalue weighted by molar-refractivity contribution is 0.190. The molecule has 1 aromatic rings. The lowest BCUT2D eigenvalue weighted by Gasteiger charge is -2.30. The molecule has 4 nitrogen and oxygen atoms in total. The highest BCUT2D eigenvalue weighted by Crippen LogP contribution is 2.30. The molecule has 5 heteroatoms. The molecule has 0 N–H and O–H groups in total. The summed E-state index contributed by atoms with van der Waals surface area (Å²) in [5.74, 6) is 0. The van der Waals surface area contributed by atoms with Crippen molar-refractivity contribution in [2.24, 2.45) is 5.41 Å². The highest BCUT2D eigenvalue weighted by atomic mass is 32.2. The Morgan fingerprint density at radius 1 is 1.29 bits per heavy atom. The van der Waals surface area contributed by atoms with Crippen molar-refractivity contribution in [3.05, 3.63) is 29.8 Å². The zero-order valence-corrected chi connectivity index (χ0v) is 14.3.